The van der Waals surface area contributed by atoms with E-state index in [4.69, 9.17) is 23.2 Å². The smallest absolute Gasteiger partial charge is 0.288 e. The van der Waals surface area contributed by atoms with Crippen molar-refractivity contribution in [2.24, 2.45) is 5.10 Å². The second-order valence-corrected chi connectivity index (χ2v) is 8.20. The average Bonchev–Trinajstić information content (AvgIpc) is 2.86. The van der Waals surface area contributed by atoms with Gasteiger partial charge in [0.15, 0.2) is 5.60 Å². The normalized spacial score (nSPS) is 11.5. The van der Waals surface area contributed by atoms with Crippen molar-refractivity contribution in [3.63, 3.8) is 0 Å². The molecule has 4 rings (SSSR count). The van der Waals surface area contributed by atoms with Gasteiger partial charge in [0.1, 0.15) is 0 Å². The van der Waals surface area contributed by atoms with Crippen molar-refractivity contribution in [1.82, 2.24) is 0 Å². The molecule has 4 aromatic rings. The van der Waals surface area contributed by atoms with Gasteiger partial charge in [-0.3, -0.25) is 4.79 Å². The van der Waals surface area contributed by atoms with Gasteiger partial charge >= 0.3 is 0 Å². The quantitative estimate of drug-likeness (QED) is 0.263. The first-order valence-corrected chi connectivity index (χ1v) is 11.0. The number of hydrazone groups is 1. The van der Waals surface area contributed by atoms with Gasteiger partial charge in [0.2, 0.25) is 0 Å². The number of carbonyl (C=O) groups excluding carboxylic acids is 1. The van der Waals surface area contributed by atoms with Crippen molar-refractivity contribution in [3.8, 4) is 0 Å². The van der Waals surface area contributed by atoms with Crippen molar-refractivity contribution in [1.29, 1.82) is 0 Å². The Morgan fingerprint density at radius 3 is 1.67 bits per heavy atom. The molecule has 6 heteroatoms. The summed E-state index contributed by atoms with van der Waals surface area (Å²) in [5.74, 6) is -0.648. The van der Waals surface area contributed by atoms with Gasteiger partial charge in [0.05, 0.1) is 11.9 Å². The Kier molecular flexibility index (Phi) is 6.90. The molecule has 0 aromatic heterocycles. The monoisotopic (exact) mass is 474 g/mol. The zero-order chi connectivity index (χ0) is 23.3. The third-order valence-corrected chi connectivity index (χ3v) is 5.65. The van der Waals surface area contributed by atoms with Gasteiger partial charge in [0, 0.05) is 10.0 Å². The molecule has 0 radical (unpaired) electrons. The van der Waals surface area contributed by atoms with Crippen LogP contribution in [0.15, 0.2) is 114 Å². The van der Waals surface area contributed by atoms with E-state index in [1.807, 2.05) is 36.4 Å². The van der Waals surface area contributed by atoms with E-state index in [2.05, 4.69) is 5.10 Å². The highest BCUT2D eigenvalue weighted by atomic mass is 35.5. The summed E-state index contributed by atoms with van der Waals surface area (Å²) in [6.07, 6.45) is 1.58. The lowest BCUT2D eigenvalue weighted by Gasteiger charge is -2.32. The van der Waals surface area contributed by atoms with E-state index < -0.39 is 11.5 Å². The number of nitrogens with zero attached hydrogens (tertiary/aromatic N) is 2. The number of benzene rings is 4. The molecule has 0 heterocycles. The summed E-state index contributed by atoms with van der Waals surface area (Å²) in [5.41, 5.74) is -0.00658. The number of para-hydroxylation sites is 1. The minimum Gasteiger partial charge on any atom is -0.372 e. The third-order valence-electron chi connectivity index (χ3n) is 5.15. The van der Waals surface area contributed by atoms with Crippen LogP contribution >= 0.6 is 23.2 Å². The molecule has 0 saturated carbocycles. The van der Waals surface area contributed by atoms with Crippen molar-refractivity contribution in [2.45, 2.75) is 5.60 Å². The summed E-state index contributed by atoms with van der Waals surface area (Å²) in [4.78, 5) is 14.1. The van der Waals surface area contributed by atoms with Gasteiger partial charge in [-0.05, 0) is 53.1 Å². The van der Waals surface area contributed by atoms with Gasteiger partial charge < -0.3 is 5.11 Å². The van der Waals surface area contributed by atoms with Gasteiger partial charge in [-0.25, -0.2) is 0 Å². The molecule has 0 saturated heterocycles. The molecule has 0 aliphatic rings. The van der Waals surface area contributed by atoms with Crippen LogP contribution in [0.5, 0.6) is 0 Å². The molecule has 0 atom stereocenters. The lowest BCUT2D eigenvalue weighted by atomic mass is 9.85. The fourth-order valence-electron chi connectivity index (χ4n) is 3.42. The minimum atomic E-state index is -2.04. The van der Waals surface area contributed by atoms with Gasteiger partial charge in [-0.2, -0.15) is 10.1 Å². The molecule has 1 amide bonds. The molecule has 4 aromatic carbocycles. The molecule has 0 unspecified atom stereocenters. The van der Waals surface area contributed by atoms with Crippen molar-refractivity contribution in [2.75, 3.05) is 5.01 Å². The molecule has 0 aliphatic carbocycles. The highest BCUT2D eigenvalue weighted by Gasteiger charge is 2.43. The predicted molar refractivity (Wildman–Crippen MR) is 134 cm³/mol. The summed E-state index contributed by atoms with van der Waals surface area (Å²) in [6, 6.07) is 31.4. The van der Waals surface area contributed by atoms with Crippen molar-refractivity contribution < 1.29 is 9.90 Å². The van der Waals surface area contributed by atoms with Crippen LogP contribution in [0.3, 0.4) is 0 Å². The molecule has 164 valence electrons. The van der Waals surface area contributed by atoms with Crippen LogP contribution < -0.4 is 5.01 Å². The Hall–Kier alpha value is -3.44. The van der Waals surface area contributed by atoms with Crippen LogP contribution in [0.25, 0.3) is 0 Å². The predicted octanol–water partition coefficient (Wildman–Crippen LogP) is 6.30. The number of rotatable bonds is 6. The zero-order valence-electron chi connectivity index (χ0n) is 17.5. The molecule has 1 N–H and O–H groups in total. The second-order valence-electron chi connectivity index (χ2n) is 7.33. The van der Waals surface area contributed by atoms with Gasteiger partial charge in [0.25, 0.3) is 5.91 Å². The molecule has 33 heavy (non-hydrogen) atoms. The van der Waals surface area contributed by atoms with Crippen LogP contribution in [-0.2, 0) is 10.4 Å². The first-order valence-electron chi connectivity index (χ1n) is 10.2. The van der Waals surface area contributed by atoms with Crippen molar-refractivity contribution >= 4 is 41.0 Å². The molecular weight excluding hydrogens is 455 g/mol. The summed E-state index contributed by atoms with van der Waals surface area (Å²) < 4.78 is 0. The average molecular weight is 475 g/mol. The van der Waals surface area contributed by atoms with Crippen molar-refractivity contribution in [3.05, 3.63) is 136 Å². The van der Waals surface area contributed by atoms with E-state index in [9.17, 15) is 9.90 Å². The van der Waals surface area contributed by atoms with E-state index in [0.29, 0.717) is 26.9 Å². The van der Waals surface area contributed by atoms with E-state index in [1.54, 1.807) is 79.0 Å². The van der Waals surface area contributed by atoms with Crippen LogP contribution in [0, 0.1) is 0 Å². The molecular formula is C27H20Cl2N2O2. The minimum absolute atomic E-state index is 0.357. The zero-order valence-corrected chi connectivity index (χ0v) is 19.0. The maximum atomic E-state index is 14.1. The molecule has 4 nitrogen and oxygen atoms in total. The topological polar surface area (TPSA) is 52.9 Å². The lowest BCUT2D eigenvalue weighted by molar-refractivity contribution is -0.133. The number of hydrogen-bond donors (Lipinski definition) is 1. The molecule has 0 spiro atoms. The SMILES string of the molecule is O=C(N(/N=C\c1ccccc1)c1ccccc1)C(O)(c1ccc(Cl)cc1)c1ccc(Cl)cc1. The summed E-state index contributed by atoms with van der Waals surface area (Å²) in [6.45, 7) is 0. The largest absolute Gasteiger partial charge is 0.372 e. The van der Waals surface area contributed by atoms with E-state index >= 15 is 0 Å². The molecule has 0 bridgehead atoms. The summed E-state index contributed by atoms with van der Waals surface area (Å²) >= 11 is 12.1. The molecule has 0 aliphatic heterocycles. The Morgan fingerprint density at radius 2 is 1.18 bits per heavy atom. The number of hydrogen-bond acceptors (Lipinski definition) is 3. The maximum Gasteiger partial charge on any atom is 0.288 e. The first kappa shape index (κ1) is 22.7. The van der Waals surface area contributed by atoms with E-state index in [1.165, 1.54) is 5.01 Å². The Balaban J connectivity index is 1.86. The van der Waals surface area contributed by atoms with Gasteiger partial charge in [-0.15, -0.1) is 0 Å². The maximum absolute atomic E-state index is 14.1. The number of amides is 1. The third kappa shape index (κ3) is 4.99. The van der Waals surface area contributed by atoms with Crippen LogP contribution in [0.2, 0.25) is 10.0 Å². The molecule has 0 fully saturated rings. The lowest BCUT2D eigenvalue weighted by Crippen LogP contribution is -2.46. The fraction of sp³-hybridized carbons (Fsp3) is 0.0370. The Morgan fingerprint density at radius 1 is 0.727 bits per heavy atom. The van der Waals surface area contributed by atoms with Crippen LogP contribution in [0.4, 0.5) is 5.69 Å². The van der Waals surface area contributed by atoms with E-state index in [-0.39, 0.29) is 0 Å². The number of aliphatic hydroxyl groups is 1. The summed E-state index contributed by atoms with van der Waals surface area (Å²) in [7, 11) is 0. The number of carbonyl (C=O) groups is 1. The van der Waals surface area contributed by atoms with Gasteiger partial charge in [-0.1, -0.05) is 96.0 Å². The van der Waals surface area contributed by atoms with Crippen LogP contribution in [0.1, 0.15) is 16.7 Å². The van der Waals surface area contributed by atoms with E-state index in [0.717, 1.165) is 5.56 Å². The number of anilines is 1. The summed E-state index contributed by atoms with van der Waals surface area (Å²) in [5, 5.41) is 18.6. The standard InChI is InChI=1S/C27H20Cl2N2O2/c28-23-15-11-21(12-16-23)27(33,22-13-17-24(29)18-14-22)26(32)31(25-9-5-2-6-10-25)30-19-20-7-3-1-4-8-20/h1-19,33H/b30-19-. The van der Waals surface area contributed by atoms with Crippen LogP contribution in [-0.4, -0.2) is 17.2 Å². The number of halogens is 2. The first-order chi connectivity index (χ1) is 16.0. The Labute approximate surface area is 202 Å². The fourth-order valence-corrected chi connectivity index (χ4v) is 3.67. The Bertz CT molecular complexity index is 1200. The second kappa shape index (κ2) is 10.0. The highest BCUT2D eigenvalue weighted by Crippen LogP contribution is 2.35. The highest BCUT2D eigenvalue weighted by molar-refractivity contribution is 6.30.